The van der Waals surface area contributed by atoms with Crippen LogP contribution < -0.4 is 0 Å². The van der Waals surface area contributed by atoms with Crippen LogP contribution in [0.1, 0.15) is 33.1 Å². The second-order valence-corrected chi connectivity index (χ2v) is 8.44. The maximum absolute atomic E-state index is 11.1. The molecule has 1 saturated carbocycles. The van der Waals surface area contributed by atoms with Crippen molar-refractivity contribution in [2.45, 2.75) is 43.1 Å². The first-order valence-electron chi connectivity index (χ1n) is 4.43. The first-order valence-corrected chi connectivity index (χ1v) is 7.79. The van der Waals surface area contributed by atoms with Gasteiger partial charge in [0.25, 0.3) is 0 Å². The zero-order chi connectivity index (χ0) is 10.1. The Labute approximate surface area is 88.8 Å². The molecule has 0 spiro atoms. The van der Waals surface area contributed by atoms with Gasteiger partial charge in [-0.3, -0.25) is 0 Å². The predicted octanol–water partition coefficient (Wildman–Crippen LogP) is 2.62. The minimum atomic E-state index is -3.33. The smallest absolute Gasteiger partial charge is 0.212 e. The van der Waals surface area contributed by atoms with Crippen LogP contribution in [0.4, 0.5) is 0 Å². The minimum absolute atomic E-state index is 0.559. The molecule has 2 nitrogen and oxygen atoms in total. The molecule has 0 atom stereocenters. The second kappa shape index (κ2) is 3.99. The van der Waals surface area contributed by atoms with Crippen LogP contribution in [0.2, 0.25) is 0 Å². The highest BCUT2D eigenvalue weighted by Gasteiger charge is 2.53. The summed E-state index contributed by atoms with van der Waals surface area (Å²) < 4.78 is 21.7. The Bertz CT molecular complexity index is 268. The van der Waals surface area contributed by atoms with E-state index in [1.165, 1.54) is 0 Å². The molecule has 0 aromatic heterocycles. The van der Waals surface area contributed by atoms with Gasteiger partial charge in [-0.25, -0.2) is 8.42 Å². The molecule has 5 heteroatoms. The van der Waals surface area contributed by atoms with E-state index in [0.29, 0.717) is 11.7 Å². The van der Waals surface area contributed by atoms with Crippen molar-refractivity contribution in [3.63, 3.8) is 0 Å². The summed E-state index contributed by atoms with van der Waals surface area (Å²) in [4.78, 5) is 0. The first kappa shape index (κ1) is 11.7. The fourth-order valence-electron chi connectivity index (χ4n) is 1.24. The van der Waals surface area contributed by atoms with Crippen molar-refractivity contribution < 1.29 is 8.42 Å². The largest absolute Gasteiger partial charge is 0.238 e. The van der Waals surface area contributed by atoms with Crippen LogP contribution in [0.5, 0.6) is 0 Å². The Balaban J connectivity index is 2.37. The van der Waals surface area contributed by atoms with Gasteiger partial charge in [0.2, 0.25) is 9.05 Å². The fraction of sp³-hybridized carbons (Fsp3) is 1.00. The van der Waals surface area contributed by atoms with Crippen LogP contribution in [0, 0.1) is 0 Å². The molecule has 0 saturated heterocycles. The third-order valence-electron chi connectivity index (χ3n) is 2.33. The molecule has 13 heavy (non-hydrogen) atoms. The molecular weight excluding hydrogens is 228 g/mol. The lowest BCUT2D eigenvalue weighted by atomic mass is 10.3. The molecule has 1 fully saturated rings. The molecule has 0 N–H and O–H groups in total. The van der Waals surface area contributed by atoms with Crippen molar-refractivity contribution in [3.05, 3.63) is 0 Å². The van der Waals surface area contributed by atoms with Gasteiger partial charge in [0.1, 0.15) is 0 Å². The predicted molar refractivity (Wildman–Crippen MR) is 58.9 cm³/mol. The van der Waals surface area contributed by atoms with Crippen molar-refractivity contribution in [1.82, 2.24) is 0 Å². The zero-order valence-electron chi connectivity index (χ0n) is 7.92. The average molecular weight is 243 g/mol. The molecule has 0 aliphatic heterocycles. The first-order chi connectivity index (χ1) is 5.87. The summed E-state index contributed by atoms with van der Waals surface area (Å²) in [6.45, 7) is 4.22. The maximum Gasteiger partial charge on any atom is 0.238 e. The Morgan fingerprint density at radius 2 is 2.00 bits per heavy atom. The van der Waals surface area contributed by atoms with E-state index in [1.807, 2.05) is 0 Å². The number of thioether (sulfide) groups is 1. The summed E-state index contributed by atoms with van der Waals surface area (Å²) in [5.41, 5.74) is 0. The normalized spacial score (nSPS) is 20.6. The van der Waals surface area contributed by atoms with E-state index in [4.69, 9.17) is 10.7 Å². The van der Waals surface area contributed by atoms with Gasteiger partial charge in [-0.15, -0.1) is 0 Å². The maximum atomic E-state index is 11.1. The van der Waals surface area contributed by atoms with E-state index in [9.17, 15) is 8.42 Å². The molecule has 0 bridgehead atoms. The van der Waals surface area contributed by atoms with Crippen molar-refractivity contribution >= 4 is 31.5 Å². The quantitative estimate of drug-likeness (QED) is 0.695. The van der Waals surface area contributed by atoms with Crippen molar-refractivity contribution in [2.75, 3.05) is 5.75 Å². The van der Waals surface area contributed by atoms with Crippen molar-refractivity contribution in [2.24, 2.45) is 0 Å². The lowest BCUT2D eigenvalue weighted by Crippen LogP contribution is -2.18. The van der Waals surface area contributed by atoms with Crippen LogP contribution in [-0.4, -0.2) is 24.2 Å². The SMILES string of the molecule is CC(C)SCCC1(S(=O)(=O)Cl)CC1. The highest BCUT2D eigenvalue weighted by Crippen LogP contribution is 2.49. The molecule has 1 rings (SSSR count). The molecule has 1 aliphatic rings. The van der Waals surface area contributed by atoms with E-state index >= 15 is 0 Å². The average Bonchev–Trinajstić information content (AvgIpc) is 2.65. The molecule has 0 aromatic rings. The highest BCUT2D eigenvalue weighted by molar-refractivity contribution is 8.15. The van der Waals surface area contributed by atoms with Crippen LogP contribution in [0.25, 0.3) is 0 Å². The zero-order valence-corrected chi connectivity index (χ0v) is 10.3. The van der Waals surface area contributed by atoms with E-state index in [2.05, 4.69) is 13.8 Å². The standard InChI is InChI=1S/C8H15ClO2S2/c1-7(2)12-6-5-8(3-4-8)13(9,10)11/h7H,3-6H2,1-2H3. The topological polar surface area (TPSA) is 34.1 Å². The molecule has 1 aliphatic carbocycles. The third kappa shape index (κ3) is 3.03. The number of hydrogen-bond acceptors (Lipinski definition) is 3. The Hall–Kier alpha value is 0.590. The Kier molecular flexibility index (Phi) is 3.58. The molecule has 78 valence electrons. The molecule has 0 unspecified atom stereocenters. The lowest BCUT2D eigenvalue weighted by molar-refractivity contribution is 0.588. The van der Waals surface area contributed by atoms with Crippen LogP contribution >= 0.6 is 22.4 Å². The molecule has 0 aromatic carbocycles. The van der Waals surface area contributed by atoms with Gasteiger partial charge in [0.15, 0.2) is 0 Å². The van der Waals surface area contributed by atoms with E-state index in [1.54, 1.807) is 11.8 Å². The molecular formula is C8H15ClO2S2. The lowest BCUT2D eigenvalue weighted by Gasteiger charge is -2.11. The van der Waals surface area contributed by atoms with Gasteiger partial charge in [-0.1, -0.05) is 13.8 Å². The van der Waals surface area contributed by atoms with Crippen molar-refractivity contribution in [1.29, 1.82) is 0 Å². The highest BCUT2D eigenvalue weighted by atomic mass is 35.7. The van der Waals surface area contributed by atoms with E-state index in [-0.39, 0.29) is 0 Å². The summed E-state index contributed by atoms with van der Waals surface area (Å²) in [5, 5.41) is 0.564. The van der Waals surface area contributed by atoms with Crippen molar-refractivity contribution in [3.8, 4) is 0 Å². The summed E-state index contributed by atoms with van der Waals surface area (Å²) in [7, 11) is 2.04. The number of halogens is 1. The van der Waals surface area contributed by atoms with Crippen LogP contribution in [0.15, 0.2) is 0 Å². The van der Waals surface area contributed by atoms with Crippen LogP contribution in [0.3, 0.4) is 0 Å². The van der Waals surface area contributed by atoms with Crippen LogP contribution in [-0.2, 0) is 9.05 Å². The van der Waals surface area contributed by atoms with Gasteiger partial charge < -0.3 is 0 Å². The summed E-state index contributed by atoms with van der Waals surface area (Å²) in [5.74, 6) is 0.892. The Morgan fingerprint density at radius 3 is 2.31 bits per heavy atom. The number of hydrogen-bond donors (Lipinski definition) is 0. The molecule has 0 amide bonds. The Morgan fingerprint density at radius 1 is 1.46 bits per heavy atom. The molecule has 0 heterocycles. The van der Waals surface area contributed by atoms with E-state index in [0.717, 1.165) is 18.6 Å². The number of rotatable bonds is 5. The van der Waals surface area contributed by atoms with Gasteiger partial charge >= 0.3 is 0 Å². The monoisotopic (exact) mass is 242 g/mol. The fourth-order valence-corrected chi connectivity index (χ4v) is 3.97. The van der Waals surface area contributed by atoms with Gasteiger partial charge in [-0.2, -0.15) is 11.8 Å². The van der Waals surface area contributed by atoms with Gasteiger partial charge in [0, 0.05) is 10.7 Å². The van der Waals surface area contributed by atoms with Gasteiger partial charge in [-0.05, 0) is 30.3 Å². The van der Waals surface area contributed by atoms with Gasteiger partial charge in [0.05, 0.1) is 4.75 Å². The summed E-state index contributed by atoms with van der Waals surface area (Å²) in [6.07, 6.45) is 2.21. The van der Waals surface area contributed by atoms with E-state index < -0.39 is 13.8 Å². The molecule has 0 radical (unpaired) electrons. The third-order valence-corrected chi connectivity index (χ3v) is 6.07. The minimum Gasteiger partial charge on any atom is -0.212 e. The second-order valence-electron chi connectivity index (χ2n) is 3.79. The summed E-state index contributed by atoms with van der Waals surface area (Å²) >= 11 is 1.79. The summed E-state index contributed by atoms with van der Waals surface area (Å²) in [6, 6.07) is 0.